The van der Waals surface area contributed by atoms with Crippen LogP contribution in [0, 0.1) is 5.95 Å². The van der Waals surface area contributed by atoms with E-state index in [2.05, 4.69) is 4.98 Å². The second-order valence-corrected chi connectivity index (χ2v) is 2.84. The minimum absolute atomic E-state index is 0.0514. The summed E-state index contributed by atoms with van der Waals surface area (Å²) >= 11 is 5.38. The summed E-state index contributed by atoms with van der Waals surface area (Å²) in [7, 11) is 0. The molecule has 0 spiro atoms. The predicted octanol–water partition coefficient (Wildman–Crippen LogP) is 1.92. The average molecular weight is 211 g/mol. The van der Waals surface area contributed by atoms with Crippen molar-refractivity contribution in [3.8, 4) is 0 Å². The van der Waals surface area contributed by atoms with Gasteiger partial charge >= 0.3 is 0 Å². The zero-order chi connectivity index (χ0) is 10.1. The fraction of sp³-hybridized carbons (Fsp3) is 0.286. The van der Waals surface area contributed by atoms with Gasteiger partial charge in [-0.3, -0.25) is 0 Å². The van der Waals surface area contributed by atoms with Crippen LogP contribution in [-0.2, 0) is 5.92 Å². The van der Waals surface area contributed by atoms with Crippen LogP contribution in [-0.4, -0.2) is 11.5 Å². The quantitative estimate of drug-likeness (QED) is 0.758. The van der Waals surface area contributed by atoms with Gasteiger partial charge in [-0.2, -0.15) is 13.2 Å². The lowest BCUT2D eigenvalue weighted by molar-refractivity contribution is 0.00164. The van der Waals surface area contributed by atoms with Crippen molar-refractivity contribution in [3.63, 3.8) is 0 Å². The number of nitrogens with two attached hydrogens (primary N) is 1. The van der Waals surface area contributed by atoms with Gasteiger partial charge in [0.2, 0.25) is 5.95 Å². The largest absolute Gasteiger partial charge is 0.325 e. The molecule has 1 rings (SSSR count). The van der Waals surface area contributed by atoms with Crippen LogP contribution in [0.2, 0.25) is 5.02 Å². The molecule has 1 aromatic rings. The molecule has 0 saturated carbocycles. The second-order valence-electron chi connectivity index (χ2n) is 2.40. The van der Waals surface area contributed by atoms with Gasteiger partial charge in [0, 0.05) is 6.20 Å². The molecule has 2 N–H and O–H groups in total. The van der Waals surface area contributed by atoms with E-state index in [0.29, 0.717) is 0 Å². The van der Waals surface area contributed by atoms with Crippen LogP contribution in [0.25, 0.3) is 0 Å². The van der Waals surface area contributed by atoms with Gasteiger partial charge in [0.05, 0.1) is 17.1 Å². The normalized spacial score (nSPS) is 11.8. The lowest BCUT2D eigenvalue weighted by atomic mass is 10.1. The van der Waals surface area contributed by atoms with E-state index in [1.807, 2.05) is 0 Å². The van der Waals surface area contributed by atoms with E-state index in [0.717, 1.165) is 12.3 Å². The zero-order valence-electron chi connectivity index (χ0n) is 6.40. The Bertz CT molecular complexity index is 317. The van der Waals surface area contributed by atoms with E-state index >= 15 is 0 Å². The van der Waals surface area contributed by atoms with Crippen LogP contribution in [0.15, 0.2) is 12.3 Å². The maximum absolute atomic E-state index is 12.9. The molecule has 1 heterocycles. The third-order valence-corrected chi connectivity index (χ3v) is 1.66. The van der Waals surface area contributed by atoms with Crippen LogP contribution in [0.1, 0.15) is 5.56 Å². The first-order valence-electron chi connectivity index (χ1n) is 3.37. The van der Waals surface area contributed by atoms with Crippen molar-refractivity contribution in [2.75, 3.05) is 6.54 Å². The van der Waals surface area contributed by atoms with Crippen molar-refractivity contribution in [3.05, 3.63) is 28.8 Å². The van der Waals surface area contributed by atoms with E-state index in [1.165, 1.54) is 0 Å². The lowest BCUT2D eigenvalue weighted by Gasteiger charge is -2.14. The SMILES string of the molecule is NCC(F)(F)c1cc(Cl)cnc1F. The van der Waals surface area contributed by atoms with Gasteiger partial charge in [-0.05, 0) is 6.07 Å². The third-order valence-electron chi connectivity index (χ3n) is 1.46. The second kappa shape index (κ2) is 3.51. The smallest absolute Gasteiger partial charge is 0.289 e. The molecule has 72 valence electrons. The maximum atomic E-state index is 12.9. The fourth-order valence-electron chi connectivity index (χ4n) is 0.789. The number of nitrogens with zero attached hydrogens (tertiary/aromatic N) is 1. The summed E-state index contributed by atoms with van der Waals surface area (Å²) in [6.45, 7) is -0.980. The molecule has 1 aromatic heterocycles. The highest BCUT2D eigenvalue weighted by molar-refractivity contribution is 6.30. The molecule has 0 aliphatic heterocycles. The van der Waals surface area contributed by atoms with Crippen LogP contribution in [0.3, 0.4) is 0 Å². The Morgan fingerprint density at radius 3 is 2.69 bits per heavy atom. The standard InChI is InChI=1S/C7H6ClF3N2/c8-4-1-5(6(9)13-2-4)7(10,11)3-12/h1-2H,3,12H2. The molecule has 6 heteroatoms. The first-order chi connectivity index (χ1) is 5.97. The highest BCUT2D eigenvalue weighted by Gasteiger charge is 2.33. The fourth-order valence-corrected chi connectivity index (χ4v) is 0.947. The topological polar surface area (TPSA) is 38.9 Å². The number of hydrogen-bond donors (Lipinski definition) is 1. The van der Waals surface area contributed by atoms with Crippen molar-refractivity contribution in [2.45, 2.75) is 5.92 Å². The Kier molecular flexibility index (Phi) is 2.77. The molecular formula is C7H6ClF3N2. The van der Waals surface area contributed by atoms with Crippen LogP contribution < -0.4 is 5.73 Å². The summed E-state index contributed by atoms with van der Waals surface area (Å²) in [6.07, 6.45) is 0.951. The van der Waals surface area contributed by atoms with Gasteiger partial charge < -0.3 is 5.73 Å². The van der Waals surface area contributed by atoms with E-state index < -0.39 is 24.0 Å². The summed E-state index contributed by atoms with van der Waals surface area (Å²) < 4.78 is 38.5. The third kappa shape index (κ3) is 2.10. The van der Waals surface area contributed by atoms with E-state index in [1.54, 1.807) is 0 Å². The molecular weight excluding hydrogens is 205 g/mol. The first kappa shape index (κ1) is 10.3. The summed E-state index contributed by atoms with van der Waals surface area (Å²) in [4.78, 5) is 3.06. The highest BCUT2D eigenvalue weighted by atomic mass is 35.5. The van der Waals surface area contributed by atoms with Crippen LogP contribution in [0.5, 0.6) is 0 Å². The summed E-state index contributed by atoms with van der Waals surface area (Å²) in [6, 6.07) is 0.816. The van der Waals surface area contributed by atoms with Gasteiger partial charge in [-0.15, -0.1) is 0 Å². The van der Waals surface area contributed by atoms with Crippen LogP contribution >= 0.6 is 11.6 Å². The number of aromatic nitrogens is 1. The predicted molar refractivity (Wildman–Crippen MR) is 42.2 cm³/mol. The zero-order valence-corrected chi connectivity index (χ0v) is 7.15. The highest BCUT2D eigenvalue weighted by Crippen LogP contribution is 2.29. The minimum Gasteiger partial charge on any atom is -0.325 e. The molecule has 2 nitrogen and oxygen atoms in total. The Hall–Kier alpha value is -0.810. The average Bonchev–Trinajstić information content (AvgIpc) is 2.09. The Morgan fingerprint density at radius 2 is 2.15 bits per heavy atom. The van der Waals surface area contributed by atoms with Gasteiger partial charge in [-0.25, -0.2) is 4.98 Å². The van der Waals surface area contributed by atoms with Crippen molar-refractivity contribution >= 4 is 11.6 Å². The number of alkyl halides is 2. The van der Waals surface area contributed by atoms with Gasteiger partial charge in [0.1, 0.15) is 0 Å². The number of hydrogen-bond acceptors (Lipinski definition) is 2. The van der Waals surface area contributed by atoms with E-state index in [4.69, 9.17) is 17.3 Å². The summed E-state index contributed by atoms with van der Waals surface area (Å²) in [5.74, 6) is -4.68. The monoisotopic (exact) mass is 210 g/mol. The molecule has 0 bridgehead atoms. The Morgan fingerprint density at radius 1 is 1.54 bits per heavy atom. The molecule has 0 unspecified atom stereocenters. The molecule has 0 amide bonds. The summed E-state index contributed by atoms with van der Waals surface area (Å²) in [5.41, 5.74) is 3.90. The molecule has 0 radical (unpaired) electrons. The van der Waals surface area contributed by atoms with Gasteiger partial charge in [-0.1, -0.05) is 11.6 Å². The van der Waals surface area contributed by atoms with Crippen LogP contribution in [0.4, 0.5) is 13.2 Å². The Labute approximate surface area is 77.5 Å². The molecule has 0 aliphatic rings. The van der Waals surface area contributed by atoms with Crippen molar-refractivity contribution in [1.82, 2.24) is 4.98 Å². The van der Waals surface area contributed by atoms with Crippen molar-refractivity contribution in [1.29, 1.82) is 0 Å². The maximum Gasteiger partial charge on any atom is 0.289 e. The molecule has 0 aromatic carbocycles. The van der Waals surface area contributed by atoms with Gasteiger partial charge in [0.25, 0.3) is 5.92 Å². The van der Waals surface area contributed by atoms with Crippen molar-refractivity contribution in [2.24, 2.45) is 5.73 Å². The molecule has 0 aliphatic carbocycles. The molecule has 0 atom stereocenters. The van der Waals surface area contributed by atoms with E-state index in [9.17, 15) is 13.2 Å². The van der Waals surface area contributed by atoms with Gasteiger partial charge in [0.15, 0.2) is 0 Å². The van der Waals surface area contributed by atoms with E-state index in [-0.39, 0.29) is 5.02 Å². The number of rotatable bonds is 2. The Balaban J connectivity index is 3.20. The number of pyridine rings is 1. The molecule has 0 saturated heterocycles. The lowest BCUT2D eigenvalue weighted by Crippen LogP contribution is -2.26. The molecule has 13 heavy (non-hydrogen) atoms. The van der Waals surface area contributed by atoms with Crippen molar-refractivity contribution < 1.29 is 13.2 Å². The minimum atomic E-state index is -3.43. The molecule has 0 fully saturated rings. The first-order valence-corrected chi connectivity index (χ1v) is 3.74. The number of halogens is 4. The summed E-state index contributed by atoms with van der Waals surface area (Å²) in [5, 5.41) is -0.0514.